The molecule has 49 heavy (non-hydrogen) atoms. The summed E-state index contributed by atoms with van der Waals surface area (Å²) >= 11 is 12.2. The lowest BCUT2D eigenvalue weighted by Crippen LogP contribution is -2.12. The molecule has 0 spiro atoms. The molecule has 0 saturated heterocycles. The Morgan fingerprint density at radius 2 is 1.29 bits per heavy atom. The monoisotopic (exact) mass is 708 g/mol. The van der Waals surface area contributed by atoms with E-state index < -0.39 is 6.29 Å². The zero-order chi connectivity index (χ0) is 35.2. The van der Waals surface area contributed by atoms with Crippen LogP contribution in [0.15, 0.2) is 48.5 Å². The second-order valence-corrected chi connectivity index (χ2v) is 14.0. The summed E-state index contributed by atoms with van der Waals surface area (Å²) in [5.74, 6) is 0.981. The van der Waals surface area contributed by atoms with Crippen molar-refractivity contribution >= 4 is 35.3 Å². The van der Waals surface area contributed by atoms with Gasteiger partial charge in [0.2, 0.25) is 6.29 Å². The zero-order valence-electron chi connectivity index (χ0n) is 29.2. The number of aldehydes is 1. The van der Waals surface area contributed by atoms with Gasteiger partial charge in [-0.05, 0) is 101 Å². The fraction of sp³-hybridized carbons (Fsp3) is 0.487. The quantitative estimate of drug-likeness (QED) is 0.139. The predicted molar refractivity (Wildman–Crippen MR) is 196 cm³/mol. The summed E-state index contributed by atoms with van der Waals surface area (Å²) in [5.41, 5.74) is 8.77. The van der Waals surface area contributed by atoms with Crippen molar-refractivity contribution in [3.63, 3.8) is 0 Å². The Morgan fingerprint density at radius 3 is 1.78 bits per heavy atom. The summed E-state index contributed by atoms with van der Waals surface area (Å²) in [6.07, 6.45) is 13.9. The summed E-state index contributed by atoms with van der Waals surface area (Å²) in [7, 11) is 3.31. The summed E-state index contributed by atoms with van der Waals surface area (Å²) in [6.45, 7) is 3.06. The maximum Gasteiger partial charge on any atom is 0.202 e. The van der Waals surface area contributed by atoms with E-state index in [1.54, 1.807) is 14.2 Å². The highest BCUT2D eigenvalue weighted by Crippen LogP contribution is 2.36. The first-order chi connectivity index (χ1) is 23.7. The molecule has 2 aromatic carbocycles. The van der Waals surface area contributed by atoms with Gasteiger partial charge in [0.25, 0.3) is 0 Å². The van der Waals surface area contributed by atoms with Crippen LogP contribution >= 0.6 is 23.2 Å². The Morgan fingerprint density at radius 1 is 0.796 bits per heavy atom. The van der Waals surface area contributed by atoms with E-state index >= 15 is 0 Å². The van der Waals surface area contributed by atoms with Crippen LogP contribution in [-0.4, -0.2) is 46.7 Å². The number of methoxy groups -OCH3 is 2. The van der Waals surface area contributed by atoms with Gasteiger partial charge in [-0.25, -0.2) is 0 Å². The van der Waals surface area contributed by atoms with Crippen molar-refractivity contribution in [2.24, 2.45) is 0 Å². The van der Waals surface area contributed by atoms with Gasteiger partial charge in [0.15, 0.2) is 6.29 Å². The first-order valence-electron chi connectivity index (χ1n) is 17.3. The number of aromatic amines is 2. The van der Waals surface area contributed by atoms with Crippen LogP contribution in [0, 0.1) is 0 Å². The molecule has 4 aromatic rings. The highest BCUT2D eigenvalue weighted by Gasteiger charge is 2.27. The molecule has 2 N–H and O–H groups in total. The van der Waals surface area contributed by atoms with Crippen LogP contribution in [0.4, 0.5) is 0 Å². The Hall–Kier alpha value is -3.30. The van der Waals surface area contributed by atoms with Gasteiger partial charge in [0, 0.05) is 58.6 Å². The maximum absolute atomic E-state index is 11.1. The molecule has 2 aliphatic rings. The van der Waals surface area contributed by atoms with Gasteiger partial charge in [0.1, 0.15) is 17.2 Å². The number of rotatable bonds is 8. The van der Waals surface area contributed by atoms with Crippen LogP contribution < -0.4 is 0 Å². The van der Waals surface area contributed by atoms with Crippen LogP contribution in [0.5, 0.6) is 0 Å². The van der Waals surface area contributed by atoms with Crippen LogP contribution in [0.1, 0.15) is 133 Å². The van der Waals surface area contributed by atoms with Crippen LogP contribution in [-0.2, 0) is 40.0 Å². The number of Topliss-reactive ketones (excluding diaryl/α,β-unsaturated/α-hetero) is 1. The van der Waals surface area contributed by atoms with Gasteiger partial charge in [-0.15, -0.1) is 0 Å². The normalized spacial score (nSPS) is 17.4. The number of fused-ring (bicyclic) bond motifs is 2. The number of ketones is 1. The van der Waals surface area contributed by atoms with Gasteiger partial charge in [-0.2, -0.15) is 10.2 Å². The number of halogens is 2. The molecule has 2 heterocycles. The summed E-state index contributed by atoms with van der Waals surface area (Å²) in [4.78, 5) is 20.6. The van der Waals surface area contributed by atoms with Crippen LogP contribution in [0.2, 0.25) is 10.0 Å². The number of H-pyrrole nitrogens is 2. The van der Waals surface area contributed by atoms with Crippen molar-refractivity contribution in [3.05, 3.63) is 104 Å². The average Bonchev–Trinajstić information content (AvgIpc) is 3.65. The van der Waals surface area contributed by atoms with E-state index in [1.165, 1.54) is 68.3 Å². The third-order valence-electron chi connectivity index (χ3n) is 9.14. The number of carbonyl (C=O) groups excluding carboxylic acids is 2. The molecule has 0 amide bonds. The third-order valence-corrected chi connectivity index (χ3v) is 9.61. The second-order valence-electron chi connectivity index (χ2n) is 13.1. The third kappa shape index (κ3) is 11.4. The van der Waals surface area contributed by atoms with E-state index in [1.807, 2.05) is 30.3 Å². The van der Waals surface area contributed by atoms with E-state index in [0.29, 0.717) is 17.5 Å². The molecule has 8 nitrogen and oxygen atoms in total. The van der Waals surface area contributed by atoms with Gasteiger partial charge < -0.3 is 14.3 Å². The van der Waals surface area contributed by atoms with Gasteiger partial charge in [0.05, 0.1) is 0 Å². The Bertz CT molecular complexity index is 1630. The summed E-state index contributed by atoms with van der Waals surface area (Å²) in [5, 5.41) is 16.7. The van der Waals surface area contributed by atoms with Crippen LogP contribution in [0.25, 0.3) is 0 Å². The molecule has 6 rings (SSSR count). The van der Waals surface area contributed by atoms with Crippen molar-refractivity contribution < 1.29 is 19.1 Å². The van der Waals surface area contributed by atoms with E-state index in [-0.39, 0.29) is 5.78 Å². The average molecular weight is 710 g/mol. The fourth-order valence-electron chi connectivity index (χ4n) is 6.93. The molecule has 264 valence electrons. The minimum Gasteiger partial charge on any atom is -0.350 e. The van der Waals surface area contributed by atoms with Crippen molar-refractivity contribution in [1.82, 2.24) is 20.4 Å². The van der Waals surface area contributed by atoms with Crippen molar-refractivity contribution in [2.45, 2.75) is 109 Å². The highest BCUT2D eigenvalue weighted by molar-refractivity contribution is 6.30. The minimum absolute atomic E-state index is 0.167. The largest absolute Gasteiger partial charge is 0.350 e. The molecular formula is C39H50Cl2N4O4. The van der Waals surface area contributed by atoms with Gasteiger partial charge >= 0.3 is 0 Å². The molecule has 0 fully saturated rings. The lowest BCUT2D eigenvalue weighted by atomic mass is 9.85. The lowest BCUT2D eigenvalue weighted by molar-refractivity contribution is -0.115. The van der Waals surface area contributed by atoms with Crippen molar-refractivity contribution in [3.8, 4) is 0 Å². The number of ether oxygens (including phenoxy) is 2. The van der Waals surface area contributed by atoms with E-state index in [9.17, 15) is 9.59 Å². The fourth-order valence-corrected chi connectivity index (χ4v) is 7.36. The van der Waals surface area contributed by atoms with E-state index in [0.717, 1.165) is 78.2 Å². The molecule has 2 aliphatic carbocycles. The minimum atomic E-state index is -0.406. The molecule has 2 unspecified atom stereocenters. The number of nitrogens with zero attached hydrogens (tertiary/aromatic N) is 2. The topological polar surface area (TPSA) is 110 Å². The Balaban J connectivity index is 0.000000201. The van der Waals surface area contributed by atoms with Gasteiger partial charge in [-0.1, -0.05) is 73.2 Å². The maximum atomic E-state index is 11.1. The first-order valence-corrected chi connectivity index (χ1v) is 18.1. The molecule has 10 heteroatoms. The number of hydrogen-bond donors (Lipinski definition) is 2. The van der Waals surface area contributed by atoms with Crippen molar-refractivity contribution in [1.29, 1.82) is 0 Å². The number of benzene rings is 2. The number of aromatic nitrogens is 4. The molecule has 0 saturated carbocycles. The highest BCUT2D eigenvalue weighted by atomic mass is 35.5. The van der Waals surface area contributed by atoms with Gasteiger partial charge in [-0.3, -0.25) is 15.0 Å². The summed E-state index contributed by atoms with van der Waals surface area (Å²) < 4.78 is 10.9. The second kappa shape index (κ2) is 19.8. The van der Waals surface area contributed by atoms with Crippen LogP contribution in [0.3, 0.4) is 0 Å². The molecule has 2 aromatic heterocycles. The zero-order valence-corrected chi connectivity index (χ0v) is 30.7. The van der Waals surface area contributed by atoms with E-state index in [4.69, 9.17) is 32.7 Å². The summed E-state index contributed by atoms with van der Waals surface area (Å²) in [6, 6.07) is 16.2. The smallest absolute Gasteiger partial charge is 0.202 e. The Kier molecular flexibility index (Phi) is 15.5. The molecule has 0 aliphatic heterocycles. The molecule has 0 bridgehead atoms. The van der Waals surface area contributed by atoms with Crippen molar-refractivity contribution in [2.75, 3.05) is 14.2 Å². The number of hydrogen-bond acceptors (Lipinski definition) is 6. The predicted octanol–water partition coefficient (Wildman–Crippen LogP) is 9.71. The Labute approximate surface area is 300 Å². The standard InChI is InChI=1S/C19H25ClN2O2.C17H19ClN2O.C3H6O/c1-23-19(24-2)18-16-10-5-3-4-8-14(17(16)21-22-18)11-13-7-6-9-15(20)12-13;18-14-7-4-5-12(10-14)9-13-6-2-1-3-8-15-16(11-21)19-20-17(13)15;1-3(2)4/h6-7,9,12,14,19H,3-5,8,10-11H2,1-2H3,(H,21,22);4-5,7,10-11,13H,1-3,6,8-9H2,(H,19,20);1-2H3. The number of carbonyl (C=O) groups is 2. The first kappa shape index (κ1) is 38.5. The molecule has 0 radical (unpaired) electrons. The SMILES string of the molecule is CC(C)=O.COC(OC)c1n[nH]c2c1CCCCCC2Cc1cccc(Cl)c1.O=Cc1n[nH]c2c1CCCCCC2Cc1cccc(Cl)c1. The lowest BCUT2D eigenvalue weighted by Gasteiger charge is -2.21. The van der Waals surface area contributed by atoms with E-state index in [2.05, 4.69) is 38.6 Å². The molecule has 2 atom stereocenters. The number of nitrogens with one attached hydrogen (secondary N) is 2. The molecular weight excluding hydrogens is 659 g/mol.